The molecule has 3 rings (SSSR count). The van der Waals surface area contributed by atoms with E-state index >= 15 is 0 Å². The first-order chi connectivity index (χ1) is 9.80. The van der Waals surface area contributed by atoms with E-state index in [4.69, 9.17) is 14.4 Å². The summed E-state index contributed by atoms with van der Waals surface area (Å²) >= 11 is 0. The molecule has 0 bridgehead atoms. The zero-order chi connectivity index (χ0) is 13.8. The summed E-state index contributed by atoms with van der Waals surface area (Å²) in [5.41, 5.74) is 0.995. The number of aromatic nitrogens is 1. The molecule has 1 aromatic heterocycles. The van der Waals surface area contributed by atoms with Gasteiger partial charge >= 0.3 is 0 Å². The lowest BCUT2D eigenvalue weighted by atomic mass is 9.87. The van der Waals surface area contributed by atoms with Crippen LogP contribution in [0.2, 0.25) is 0 Å². The Hall–Kier alpha value is -0.910. The molecule has 112 valence electrons. The predicted octanol–water partition coefficient (Wildman–Crippen LogP) is 1.44. The van der Waals surface area contributed by atoms with Crippen LogP contribution in [0, 0.1) is 0 Å². The van der Waals surface area contributed by atoms with Gasteiger partial charge < -0.3 is 19.7 Å². The number of aliphatic hydroxyl groups is 1. The summed E-state index contributed by atoms with van der Waals surface area (Å²) in [4.78, 5) is 0. The number of nitrogens with zero attached hydrogens (tertiary/aromatic N) is 1. The van der Waals surface area contributed by atoms with Crippen molar-refractivity contribution in [3.8, 4) is 0 Å². The highest BCUT2D eigenvalue weighted by Gasteiger charge is 2.41. The van der Waals surface area contributed by atoms with Gasteiger partial charge in [-0.1, -0.05) is 24.4 Å². The molecule has 2 heterocycles. The van der Waals surface area contributed by atoms with E-state index in [-0.39, 0.29) is 12.1 Å². The van der Waals surface area contributed by atoms with Gasteiger partial charge in [0.25, 0.3) is 0 Å². The van der Waals surface area contributed by atoms with Gasteiger partial charge in [-0.05, 0) is 12.8 Å². The van der Waals surface area contributed by atoms with E-state index in [1.165, 1.54) is 32.1 Å². The Balaban J connectivity index is 1.59. The fraction of sp³-hybridized carbons (Fsp3) is 0.800. The quantitative estimate of drug-likeness (QED) is 0.825. The molecule has 2 N–H and O–H groups in total. The minimum atomic E-state index is 0.0371. The van der Waals surface area contributed by atoms with E-state index in [9.17, 15) is 0 Å². The normalized spacial score (nSPS) is 22.6. The Morgan fingerprint density at radius 2 is 2.10 bits per heavy atom. The lowest BCUT2D eigenvalue weighted by Crippen LogP contribution is -2.64. The largest absolute Gasteiger partial charge is 0.396 e. The molecule has 1 aliphatic heterocycles. The van der Waals surface area contributed by atoms with Crippen LogP contribution in [0.4, 0.5) is 0 Å². The van der Waals surface area contributed by atoms with Crippen LogP contribution in [-0.2, 0) is 17.6 Å². The van der Waals surface area contributed by atoms with Crippen LogP contribution in [0.5, 0.6) is 0 Å². The summed E-state index contributed by atoms with van der Waals surface area (Å²) < 4.78 is 10.7. The fourth-order valence-corrected chi connectivity index (χ4v) is 3.28. The van der Waals surface area contributed by atoms with Gasteiger partial charge in [-0.15, -0.1) is 0 Å². The van der Waals surface area contributed by atoms with Crippen LogP contribution in [0.15, 0.2) is 10.6 Å². The topological polar surface area (TPSA) is 67.5 Å². The summed E-state index contributed by atoms with van der Waals surface area (Å²) in [7, 11) is 0. The molecule has 0 spiro atoms. The van der Waals surface area contributed by atoms with Gasteiger partial charge in [-0.2, -0.15) is 0 Å². The minimum Gasteiger partial charge on any atom is -0.396 e. The highest BCUT2D eigenvalue weighted by atomic mass is 16.5. The molecule has 2 fully saturated rings. The summed E-state index contributed by atoms with van der Waals surface area (Å²) in [6, 6.07) is 2.58. The molecule has 0 unspecified atom stereocenters. The van der Waals surface area contributed by atoms with E-state index < -0.39 is 0 Å². The van der Waals surface area contributed by atoms with Crippen molar-refractivity contribution in [1.82, 2.24) is 10.5 Å². The number of ether oxygens (including phenoxy) is 1. The van der Waals surface area contributed by atoms with Crippen LogP contribution in [0.1, 0.15) is 43.6 Å². The summed E-state index contributed by atoms with van der Waals surface area (Å²) in [6.45, 7) is 1.61. The van der Waals surface area contributed by atoms with Crippen molar-refractivity contribution in [2.24, 2.45) is 0 Å². The third-order valence-electron chi connectivity index (χ3n) is 4.36. The van der Waals surface area contributed by atoms with Crippen molar-refractivity contribution in [2.75, 3.05) is 19.8 Å². The first-order valence-corrected chi connectivity index (χ1v) is 7.70. The van der Waals surface area contributed by atoms with Gasteiger partial charge in [-0.25, -0.2) is 0 Å². The Morgan fingerprint density at radius 3 is 2.75 bits per heavy atom. The molecule has 20 heavy (non-hydrogen) atoms. The first-order valence-electron chi connectivity index (χ1n) is 7.70. The lowest BCUT2D eigenvalue weighted by Gasteiger charge is -2.45. The summed E-state index contributed by atoms with van der Waals surface area (Å²) in [5, 5.41) is 16.8. The summed E-state index contributed by atoms with van der Waals surface area (Å²) in [5.74, 6) is 0.760. The van der Waals surface area contributed by atoms with Crippen molar-refractivity contribution in [1.29, 1.82) is 0 Å². The highest BCUT2D eigenvalue weighted by molar-refractivity contribution is 5.12. The second-order valence-corrected chi connectivity index (χ2v) is 6.19. The SMILES string of the molecule is OCCc1cc(CC2(NC3CCCCC3)COC2)no1. The van der Waals surface area contributed by atoms with Crippen molar-refractivity contribution in [3.05, 3.63) is 17.5 Å². The third kappa shape index (κ3) is 3.22. The standard InChI is InChI=1S/C15H24N2O3/c18-7-6-14-8-13(17-20-14)9-15(10-19-11-15)16-12-4-2-1-3-5-12/h8,12,16,18H,1-7,9-11H2. The molecule has 1 aliphatic carbocycles. The Bertz CT molecular complexity index is 423. The zero-order valence-electron chi connectivity index (χ0n) is 11.9. The molecule has 1 aromatic rings. The van der Waals surface area contributed by atoms with E-state index in [0.717, 1.165) is 31.1 Å². The Labute approximate surface area is 119 Å². The molecule has 1 saturated heterocycles. The lowest BCUT2D eigenvalue weighted by molar-refractivity contribution is -0.0815. The van der Waals surface area contributed by atoms with Crippen LogP contribution >= 0.6 is 0 Å². The maximum Gasteiger partial charge on any atom is 0.139 e. The highest BCUT2D eigenvalue weighted by Crippen LogP contribution is 2.27. The second-order valence-electron chi connectivity index (χ2n) is 6.19. The van der Waals surface area contributed by atoms with Crippen LogP contribution in [0.25, 0.3) is 0 Å². The molecule has 0 radical (unpaired) electrons. The number of rotatable bonds is 6. The van der Waals surface area contributed by atoms with Gasteiger partial charge in [0.1, 0.15) is 5.76 Å². The number of hydrogen-bond acceptors (Lipinski definition) is 5. The van der Waals surface area contributed by atoms with E-state index in [0.29, 0.717) is 12.5 Å². The molecule has 0 aromatic carbocycles. The molecular weight excluding hydrogens is 256 g/mol. The van der Waals surface area contributed by atoms with Gasteiger partial charge in [0.05, 0.1) is 31.1 Å². The maximum absolute atomic E-state index is 8.92. The smallest absolute Gasteiger partial charge is 0.139 e. The molecule has 2 aliphatic rings. The maximum atomic E-state index is 8.92. The second kappa shape index (κ2) is 6.24. The average molecular weight is 280 g/mol. The van der Waals surface area contributed by atoms with E-state index in [2.05, 4.69) is 10.5 Å². The minimum absolute atomic E-state index is 0.0371. The molecular formula is C15H24N2O3. The van der Waals surface area contributed by atoms with Gasteiger partial charge in [-0.3, -0.25) is 0 Å². The van der Waals surface area contributed by atoms with Crippen molar-refractivity contribution < 1.29 is 14.4 Å². The van der Waals surface area contributed by atoms with Crippen LogP contribution < -0.4 is 5.32 Å². The van der Waals surface area contributed by atoms with E-state index in [1.807, 2.05) is 6.07 Å². The van der Waals surface area contributed by atoms with Gasteiger partial charge in [0, 0.05) is 24.9 Å². The molecule has 0 amide bonds. The third-order valence-corrected chi connectivity index (χ3v) is 4.36. The fourth-order valence-electron chi connectivity index (χ4n) is 3.28. The number of aliphatic hydroxyl groups excluding tert-OH is 1. The number of hydrogen-bond donors (Lipinski definition) is 2. The summed E-state index contributed by atoms with van der Waals surface area (Å²) in [6.07, 6.45) is 7.96. The molecule has 5 nitrogen and oxygen atoms in total. The monoisotopic (exact) mass is 280 g/mol. The molecule has 5 heteroatoms. The van der Waals surface area contributed by atoms with Crippen molar-refractivity contribution in [2.45, 2.75) is 56.5 Å². The Morgan fingerprint density at radius 1 is 1.30 bits per heavy atom. The van der Waals surface area contributed by atoms with Gasteiger partial charge in [0.2, 0.25) is 0 Å². The van der Waals surface area contributed by atoms with Crippen molar-refractivity contribution >= 4 is 0 Å². The van der Waals surface area contributed by atoms with Gasteiger partial charge in [0.15, 0.2) is 0 Å². The molecule has 0 atom stereocenters. The van der Waals surface area contributed by atoms with E-state index in [1.54, 1.807) is 0 Å². The molecule has 1 saturated carbocycles. The van der Waals surface area contributed by atoms with Crippen molar-refractivity contribution in [3.63, 3.8) is 0 Å². The zero-order valence-corrected chi connectivity index (χ0v) is 11.9. The first kappa shape index (κ1) is 14.0. The Kier molecular flexibility index (Phi) is 4.38. The predicted molar refractivity (Wildman–Crippen MR) is 74.6 cm³/mol. The van der Waals surface area contributed by atoms with Crippen LogP contribution in [-0.4, -0.2) is 41.7 Å². The average Bonchev–Trinajstić information content (AvgIpc) is 2.85. The van der Waals surface area contributed by atoms with Crippen LogP contribution in [0.3, 0.4) is 0 Å². The number of nitrogens with one attached hydrogen (secondary N) is 1.